The first-order valence-electron chi connectivity index (χ1n) is 6.18. The predicted octanol–water partition coefficient (Wildman–Crippen LogP) is 2.18. The van der Waals surface area contributed by atoms with Gasteiger partial charge in [-0.1, -0.05) is 5.16 Å². The molecule has 90 valence electrons. The molecule has 1 aromatic heterocycles. The van der Waals surface area contributed by atoms with E-state index in [9.17, 15) is 0 Å². The van der Waals surface area contributed by atoms with Crippen LogP contribution in [0.25, 0.3) is 0 Å². The summed E-state index contributed by atoms with van der Waals surface area (Å²) in [5, 5.41) is 12.8. The first-order valence-corrected chi connectivity index (χ1v) is 6.18. The van der Waals surface area contributed by atoms with Crippen molar-refractivity contribution in [3.63, 3.8) is 0 Å². The van der Waals surface area contributed by atoms with Gasteiger partial charge in [-0.25, -0.2) is 0 Å². The van der Waals surface area contributed by atoms with Gasteiger partial charge in [0.25, 0.3) is 0 Å². The number of rotatable bonds is 5. The summed E-state index contributed by atoms with van der Waals surface area (Å²) in [5.41, 5.74) is 0. The molecule has 0 N–H and O–H groups in total. The lowest BCUT2D eigenvalue weighted by atomic mass is 10.2. The summed E-state index contributed by atoms with van der Waals surface area (Å²) in [7, 11) is 0. The van der Waals surface area contributed by atoms with E-state index in [0.717, 1.165) is 6.42 Å². The Morgan fingerprint density at radius 1 is 1.59 bits per heavy atom. The van der Waals surface area contributed by atoms with Crippen LogP contribution in [0.15, 0.2) is 4.52 Å². The zero-order valence-corrected chi connectivity index (χ0v) is 9.80. The molecule has 2 saturated carbocycles. The van der Waals surface area contributed by atoms with E-state index in [1.807, 2.05) is 6.92 Å². The van der Waals surface area contributed by atoms with Gasteiger partial charge in [0.1, 0.15) is 6.10 Å². The van der Waals surface area contributed by atoms with Crippen LogP contribution in [0.3, 0.4) is 0 Å². The standard InChI is InChI=1S/C12H15N3O2/c1-2-16-10(7-3-4-7)11-14-12(17-15-11)9-5-8(9)6-13/h7-10H,2-5H2,1H3. The van der Waals surface area contributed by atoms with Crippen molar-refractivity contribution in [3.05, 3.63) is 11.7 Å². The van der Waals surface area contributed by atoms with Gasteiger partial charge in [0.05, 0.1) is 17.9 Å². The van der Waals surface area contributed by atoms with Gasteiger partial charge in [0.15, 0.2) is 0 Å². The highest BCUT2D eigenvalue weighted by molar-refractivity contribution is 5.16. The van der Waals surface area contributed by atoms with Gasteiger partial charge in [0.2, 0.25) is 11.7 Å². The van der Waals surface area contributed by atoms with Gasteiger partial charge < -0.3 is 9.26 Å². The summed E-state index contributed by atoms with van der Waals surface area (Å²) < 4.78 is 10.9. The van der Waals surface area contributed by atoms with E-state index in [1.165, 1.54) is 12.8 Å². The van der Waals surface area contributed by atoms with Crippen LogP contribution in [0, 0.1) is 23.2 Å². The summed E-state index contributed by atoms with van der Waals surface area (Å²) in [6.45, 7) is 2.64. The number of ether oxygens (including phenoxy) is 1. The third-order valence-corrected chi connectivity index (χ3v) is 3.38. The summed E-state index contributed by atoms with van der Waals surface area (Å²) in [6, 6.07) is 2.23. The fraction of sp³-hybridized carbons (Fsp3) is 0.750. The molecule has 0 amide bonds. The minimum atomic E-state index is -0.0169. The largest absolute Gasteiger partial charge is 0.370 e. The van der Waals surface area contributed by atoms with Crippen LogP contribution in [-0.2, 0) is 4.74 Å². The number of nitrogens with zero attached hydrogens (tertiary/aromatic N) is 3. The van der Waals surface area contributed by atoms with Gasteiger partial charge in [-0.15, -0.1) is 0 Å². The second-order valence-corrected chi connectivity index (χ2v) is 4.78. The maximum absolute atomic E-state index is 8.77. The van der Waals surface area contributed by atoms with Crippen LogP contribution in [0.4, 0.5) is 0 Å². The van der Waals surface area contributed by atoms with Crippen molar-refractivity contribution in [2.75, 3.05) is 6.61 Å². The Hall–Kier alpha value is -1.41. The highest BCUT2D eigenvalue weighted by Gasteiger charge is 2.44. The topological polar surface area (TPSA) is 71.9 Å². The smallest absolute Gasteiger partial charge is 0.231 e. The number of hydrogen-bond acceptors (Lipinski definition) is 5. The molecule has 0 bridgehead atoms. The van der Waals surface area contributed by atoms with Crippen LogP contribution < -0.4 is 0 Å². The number of aromatic nitrogens is 2. The second-order valence-electron chi connectivity index (χ2n) is 4.78. The average molecular weight is 233 g/mol. The van der Waals surface area contributed by atoms with E-state index in [1.54, 1.807) is 0 Å². The molecule has 1 aromatic rings. The minimum absolute atomic E-state index is 0.0169. The molecular weight excluding hydrogens is 218 g/mol. The van der Waals surface area contributed by atoms with Crippen LogP contribution in [0.1, 0.15) is 49.9 Å². The molecule has 0 saturated heterocycles. The summed E-state index contributed by atoms with van der Waals surface area (Å²) in [5.74, 6) is 2.04. The Labute approximate surface area is 99.8 Å². The van der Waals surface area contributed by atoms with E-state index in [2.05, 4.69) is 16.2 Å². The third kappa shape index (κ3) is 2.05. The zero-order chi connectivity index (χ0) is 11.8. The van der Waals surface area contributed by atoms with E-state index >= 15 is 0 Å². The molecular formula is C12H15N3O2. The Morgan fingerprint density at radius 3 is 3.00 bits per heavy atom. The van der Waals surface area contributed by atoms with Crippen LogP contribution in [0.5, 0.6) is 0 Å². The fourth-order valence-corrected chi connectivity index (χ4v) is 2.12. The van der Waals surface area contributed by atoms with Crippen molar-refractivity contribution in [1.29, 1.82) is 5.26 Å². The Bertz CT molecular complexity index is 447. The van der Waals surface area contributed by atoms with Crippen molar-refractivity contribution in [2.24, 2.45) is 11.8 Å². The van der Waals surface area contributed by atoms with E-state index in [0.29, 0.717) is 24.2 Å². The molecule has 0 aliphatic heterocycles. The van der Waals surface area contributed by atoms with E-state index in [-0.39, 0.29) is 17.9 Å². The summed E-state index contributed by atoms with van der Waals surface area (Å²) >= 11 is 0. The molecule has 0 radical (unpaired) electrons. The van der Waals surface area contributed by atoms with Crippen molar-refractivity contribution in [3.8, 4) is 6.07 Å². The molecule has 3 rings (SSSR count). The number of nitriles is 1. The molecule has 1 heterocycles. The van der Waals surface area contributed by atoms with Crippen molar-refractivity contribution < 1.29 is 9.26 Å². The van der Waals surface area contributed by atoms with Crippen LogP contribution in [0.2, 0.25) is 0 Å². The number of hydrogen-bond donors (Lipinski definition) is 0. The Balaban J connectivity index is 1.73. The molecule has 3 unspecified atom stereocenters. The molecule has 2 aliphatic rings. The molecule has 5 nitrogen and oxygen atoms in total. The normalized spacial score (nSPS) is 28.7. The Kier molecular flexibility index (Phi) is 2.60. The zero-order valence-electron chi connectivity index (χ0n) is 9.80. The molecule has 3 atom stereocenters. The molecule has 2 fully saturated rings. The fourth-order valence-electron chi connectivity index (χ4n) is 2.12. The maximum atomic E-state index is 8.77. The van der Waals surface area contributed by atoms with Crippen molar-refractivity contribution in [1.82, 2.24) is 10.1 Å². The second kappa shape index (κ2) is 4.11. The van der Waals surface area contributed by atoms with Gasteiger partial charge in [-0.3, -0.25) is 0 Å². The minimum Gasteiger partial charge on any atom is -0.370 e. The lowest BCUT2D eigenvalue weighted by Crippen LogP contribution is -2.08. The first kappa shape index (κ1) is 10.7. The van der Waals surface area contributed by atoms with Crippen LogP contribution in [-0.4, -0.2) is 16.7 Å². The quantitative estimate of drug-likeness (QED) is 0.779. The monoisotopic (exact) mass is 233 g/mol. The van der Waals surface area contributed by atoms with E-state index < -0.39 is 0 Å². The van der Waals surface area contributed by atoms with Crippen LogP contribution >= 0.6 is 0 Å². The van der Waals surface area contributed by atoms with E-state index in [4.69, 9.17) is 14.5 Å². The van der Waals surface area contributed by atoms with Gasteiger partial charge in [-0.05, 0) is 32.1 Å². The van der Waals surface area contributed by atoms with Gasteiger partial charge >= 0.3 is 0 Å². The maximum Gasteiger partial charge on any atom is 0.231 e. The average Bonchev–Trinajstić information content (AvgIpc) is 3.25. The highest BCUT2D eigenvalue weighted by Crippen LogP contribution is 2.47. The van der Waals surface area contributed by atoms with Gasteiger partial charge in [0, 0.05) is 6.61 Å². The SMILES string of the molecule is CCOC(c1noc(C2CC2C#N)n1)C1CC1. The first-order chi connectivity index (χ1) is 8.33. The van der Waals surface area contributed by atoms with Crippen molar-refractivity contribution >= 4 is 0 Å². The molecule has 0 spiro atoms. The molecule has 17 heavy (non-hydrogen) atoms. The summed E-state index contributed by atoms with van der Waals surface area (Å²) in [4.78, 5) is 4.40. The lowest BCUT2D eigenvalue weighted by Gasteiger charge is -2.10. The lowest BCUT2D eigenvalue weighted by molar-refractivity contribution is 0.0384. The predicted molar refractivity (Wildman–Crippen MR) is 57.9 cm³/mol. The molecule has 0 aromatic carbocycles. The summed E-state index contributed by atoms with van der Waals surface area (Å²) in [6.07, 6.45) is 3.19. The highest BCUT2D eigenvalue weighted by atomic mass is 16.5. The van der Waals surface area contributed by atoms with Crippen molar-refractivity contribution in [2.45, 2.75) is 38.2 Å². The third-order valence-electron chi connectivity index (χ3n) is 3.38. The molecule has 2 aliphatic carbocycles. The van der Waals surface area contributed by atoms with Gasteiger partial charge in [-0.2, -0.15) is 10.2 Å². The molecule has 5 heteroatoms. The Morgan fingerprint density at radius 2 is 2.41 bits per heavy atom.